The van der Waals surface area contributed by atoms with Crippen molar-refractivity contribution in [3.8, 4) is 11.5 Å². The fraction of sp³-hybridized carbons (Fsp3) is 0.467. The number of ether oxygens (including phenoxy) is 2. The van der Waals surface area contributed by atoms with E-state index in [1.54, 1.807) is 23.1 Å². The Balaban J connectivity index is 1.88. The number of hydrogen-bond acceptors (Lipinski definition) is 4. The van der Waals surface area contributed by atoms with E-state index in [0.29, 0.717) is 23.7 Å². The van der Waals surface area contributed by atoms with Gasteiger partial charge >= 0.3 is 0 Å². The number of nitrogens with one attached hydrogen (secondary N) is 1. The van der Waals surface area contributed by atoms with Gasteiger partial charge in [-0.2, -0.15) is 0 Å². The smallest absolute Gasteiger partial charge is 0.231 e. The van der Waals surface area contributed by atoms with E-state index in [1.165, 1.54) is 6.92 Å². The Hall–Kier alpha value is -2.24. The monoisotopic (exact) mass is 292 g/mol. The molecule has 6 heteroatoms. The molecule has 0 fully saturated rings. The molecule has 114 valence electrons. The van der Waals surface area contributed by atoms with Crippen LogP contribution in [-0.4, -0.2) is 36.1 Å². The summed E-state index contributed by atoms with van der Waals surface area (Å²) in [7, 11) is 0. The molecule has 0 aromatic heterocycles. The second kappa shape index (κ2) is 6.47. The van der Waals surface area contributed by atoms with Crippen molar-refractivity contribution in [1.82, 2.24) is 4.90 Å². The zero-order valence-electron chi connectivity index (χ0n) is 12.5. The van der Waals surface area contributed by atoms with E-state index in [2.05, 4.69) is 5.32 Å². The van der Waals surface area contributed by atoms with Gasteiger partial charge in [0, 0.05) is 37.7 Å². The van der Waals surface area contributed by atoms with Crippen LogP contribution in [0.5, 0.6) is 11.5 Å². The van der Waals surface area contributed by atoms with Crippen molar-refractivity contribution in [2.24, 2.45) is 0 Å². The van der Waals surface area contributed by atoms with E-state index >= 15 is 0 Å². The van der Waals surface area contributed by atoms with Crippen LogP contribution in [0.3, 0.4) is 0 Å². The Labute approximate surface area is 124 Å². The van der Waals surface area contributed by atoms with E-state index in [-0.39, 0.29) is 31.1 Å². The lowest BCUT2D eigenvalue weighted by Crippen LogP contribution is -2.37. The molecule has 2 rings (SSSR count). The number of fused-ring (bicyclic) bond motifs is 1. The average Bonchev–Trinajstić information content (AvgIpc) is 2.85. The minimum Gasteiger partial charge on any atom is -0.454 e. The van der Waals surface area contributed by atoms with Gasteiger partial charge in [0.1, 0.15) is 0 Å². The highest BCUT2D eigenvalue weighted by Crippen LogP contribution is 2.34. The molecule has 21 heavy (non-hydrogen) atoms. The largest absolute Gasteiger partial charge is 0.454 e. The van der Waals surface area contributed by atoms with Gasteiger partial charge in [0.15, 0.2) is 11.5 Å². The summed E-state index contributed by atoms with van der Waals surface area (Å²) in [6.07, 6.45) is 0.256. The number of carbonyl (C=O) groups excluding carboxylic acids is 2. The van der Waals surface area contributed by atoms with Crippen molar-refractivity contribution in [3.05, 3.63) is 18.2 Å². The first-order valence-electron chi connectivity index (χ1n) is 6.94. The molecule has 0 aliphatic carbocycles. The van der Waals surface area contributed by atoms with Crippen molar-refractivity contribution in [3.63, 3.8) is 0 Å². The van der Waals surface area contributed by atoms with Gasteiger partial charge in [0.05, 0.1) is 0 Å². The molecule has 1 aromatic rings. The highest BCUT2D eigenvalue weighted by Gasteiger charge is 2.16. The molecule has 1 heterocycles. The van der Waals surface area contributed by atoms with Crippen LogP contribution in [0.25, 0.3) is 0 Å². The standard InChI is InChI=1S/C15H20N2O4/c1-10(2)17(11(3)18)7-6-15(19)16-12-4-5-13-14(8-12)21-9-20-13/h4-5,8,10H,6-7,9H2,1-3H3,(H,16,19). The van der Waals surface area contributed by atoms with Crippen molar-refractivity contribution < 1.29 is 19.1 Å². The highest BCUT2D eigenvalue weighted by atomic mass is 16.7. The molecule has 1 aliphatic heterocycles. The highest BCUT2D eigenvalue weighted by molar-refractivity contribution is 5.91. The van der Waals surface area contributed by atoms with Crippen LogP contribution < -0.4 is 14.8 Å². The van der Waals surface area contributed by atoms with Crippen molar-refractivity contribution >= 4 is 17.5 Å². The normalized spacial score (nSPS) is 12.4. The maximum absolute atomic E-state index is 11.9. The third-order valence-electron chi connectivity index (χ3n) is 3.26. The van der Waals surface area contributed by atoms with Crippen LogP contribution in [0.2, 0.25) is 0 Å². The molecule has 0 unspecified atom stereocenters. The van der Waals surface area contributed by atoms with Crippen LogP contribution >= 0.6 is 0 Å². The van der Waals surface area contributed by atoms with Gasteiger partial charge in [-0.3, -0.25) is 9.59 Å². The minimum absolute atomic E-state index is 0.0270. The van der Waals surface area contributed by atoms with Crippen molar-refractivity contribution in [2.45, 2.75) is 33.2 Å². The molecule has 0 saturated carbocycles. The molecule has 0 saturated heterocycles. The first-order chi connectivity index (χ1) is 9.97. The molecule has 1 aliphatic rings. The average molecular weight is 292 g/mol. The SMILES string of the molecule is CC(=O)N(CCC(=O)Nc1ccc2c(c1)OCO2)C(C)C. The van der Waals surface area contributed by atoms with Gasteiger partial charge in [0.2, 0.25) is 18.6 Å². The van der Waals surface area contributed by atoms with E-state index in [4.69, 9.17) is 9.47 Å². The lowest BCUT2D eigenvalue weighted by atomic mass is 10.2. The summed E-state index contributed by atoms with van der Waals surface area (Å²) in [6, 6.07) is 5.33. The van der Waals surface area contributed by atoms with Gasteiger partial charge in [-0.15, -0.1) is 0 Å². The molecular weight excluding hydrogens is 272 g/mol. The first kappa shape index (κ1) is 15.2. The number of hydrogen-bond donors (Lipinski definition) is 1. The molecule has 0 atom stereocenters. The van der Waals surface area contributed by atoms with Crippen molar-refractivity contribution in [1.29, 1.82) is 0 Å². The van der Waals surface area contributed by atoms with E-state index in [9.17, 15) is 9.59 Å². The zero-order chi connectivity index (χ0) is 15.4. The summed E-state index contributed by atoms with van der Waals surface area (Å²) in [6.45, 7) is 5.97. The van der Waals surface area contributed by atoms with Crippen LogP contribution in [-0.2, 0) is 9.59 Å². The number of benzene rings is 1. The Morgan fingerprint density at radius 1 is 1.29 bits per heavy atom. The van der Waals surface area contributed by atoms with Crippen molar-refractivity contribution in [2.75, 3.05) is 18.7 Å². The molecule has 2 amide bonds. The summed E-state index contributed by atoms with van der Waals surface area (Å²) in [5, 5.41) is 2.79. The Morgan fingerprint density at radius 2 is 2.00 bits per heavy atom. The Bertz CT molecular complexity index is 542. The van der Waals surface area contributed by atoms with Gasteiger partial charge in [-0.25, -0.2) is 0 Å². The lowest BCUT2D eigenvalue weighted by molar-refractivity contribution is -0.130. The molecule has 6 nitrogen and oxygen atoms in total. The Kier molecular flexibility index (Phi) is 4.67. The second-order valence-corrected chi connectivity index (χ2v) is 5.17. The fourth-order valence-corrected chi connectivity index (χ4v) is 2.20. The van der Waals surface area contributed by atoms with E-state index in [0.717, 1.165) is 0 Å². The van der Waals surface area contributed by atoms with Crippen LogP contribution in [0.15, 0.2) is 18.2 Å². The summed E-state index contributed by atoms with van der Waals surface area (Å²) in [5.41, 5.74) is 0.656. The van der Waals surface area contributed by atoms with Crippen LogP contribution in [0.1, 0.15) is 27.2 Å². The minimum atomic E-state index is -0.138. The second-order valence-electron chi connectivity index (χ2n) is 5.17. The summed E-state index contributed by atoms with van der Waals surface area (Å²) < 4.78 is 10.5. The fourth-order valence-electron chi connectivity index (χ4n) is 2.20. The quantitative estimate of drug-likeness (QED) is 0.901. The van der Waals surface area contributed by atoms with E-state index < -0.39 is 0 Å². The van der Waals surface area contributed by atoms with Gasteiger partial charge in [-0.05, 0) is 26.0 Å². The predicted octanol–water partition coefficient (Wildman–Crippen LogP) is 2.00. The number of rotatable bonds is 5. The summed E-state index contributed by atoms with van der Waals surface area (Å²) >= 11 is 0. The number of nitrogens with zero attached hydrogens (tertiary/aromatic N) is 1. The molecule has 1 N–H and O–H groups in total. The summed E-state index contributed by atoms with van der Waals surface area (Å²) in [5.74, 6) is 1.14. The maximum Gasteiger partial charge on any atom is 0.231 e. The molecule has 0 bridgehead atoms. The number of carbonyl (C=O) groups is 2. The van der Waals surface area contributed by atoms with E-state index in [1.807, 2.05) is 13.8 Å². The zero-order valence-corrected chi connectivity index (χ0v) is 12.5. The van der Waals surface area contributed by atoms with Gasteiger partial charge < -0.3 is 19.7 Å². The van der Waals surface area contributed by atoms with Crippen LogP contribution in [0, 0.1) is 0 Å². The molecule has 0 spiro atoms. The predicted molar refractivity (Wildman–Crippen MR) is 78.3 cm³/mol. The summed E-state index contributed by atoms with van der Waals surface area (Å²) in [4.78, 5) is 25.1. The van der Waals surface area contributed by atoms with Gasteiger partial charge in [-0.1, -0.05) is 0 Å². The molecular formula is C15H20N2O4. The number of anilines is 1. The number of amides is 2. The Morgan fingerprint density at radius 3 is 2.67 bits per heavy atom. The molecule has 1 aromatic carbocycles. The maximum atomic E-state index is 11.9. The van der Waals surface area contributed by atoms with Gasteiger partial charge in [0.25, 0.3) is 0 Å². The third-order valence-corrected chi connectivity index (χ3v) is 3.26. The topological polar surface area (TPSA) is 67.9 Å². The third kappa shape index (κ3) is 3.87. The lowest BCUT2D eigenvalue weighted by Gasteiger charge is -2.24. The molecule has 0 radical (unpaired) electrons. The first-order valence-corrected chi connectivity index (χ1v) is 6.94. The van der Waals surface area contributed by atoms with Crippen LogP contribution in [0.4, 0.5) is 5.69 Å².